The second-order valence-electron chi connectivity index (χ2n) is 4.51. The largest absolute Gasteiger partial charge is 0.250 e. The van der Waals surface area contributed by atoms with E-state index in [4.69, 9.17) is 12.2 Å². The molecule has 20 heavy (non-hydrogen) atoms. The van der Waals surface area contributed by atoms with E-state index < -0.39 is 0 Å². The van der Waals surface area contributed by atoms with Crippen molar-refractivity contribution >= 4 is 34.4 Å². The molecule has 0 fully saturated rings. The van der Waals surface area contributed by atoms with Gasteiger partial charge in [0.15, 0.2) is 5.82 Å². The van der Waals surface area contributed by atoms with Crippen molar-refractivity contribution in [1.29, 1.82) is 0 Å². The van der Waals surface area contributed by atoms with E-state index in [-0.39, 0.29) is 0 Å². The minimum absolute atomic E-state index is 0.366. The first kappa shape index (κ1) is 15.1. The minimum atomic E-state index is 0.366. The number of aromatic nitrogens is 3. The van der Waals surface area contributed by atoms with E-state index in [0.29, 0.717) is 10.7 Å². The van der Waals surface area contributed by atoms with Crippen LogP contribution in [-0.2, 0) is 0 Å². The number of rotatable bonds is 5. The highest BCUT2D eigenvalue weighted by molar-refractivity contribution is 9.10. The predicted octanol–water partition coefficient (Wildman–Crippen LogP) is 4.49. The second-order valence-corrected chi connectivity index (χ2v) is 5.81. The first-order valence-electron chi connectivity index (χ1n) is 6.63. The molecular weight excluding hydrogens is 336 g/mol. The van der Waals surface area contributed by atoms with Crippen LogP contribution in [0.1, 0.15) is 44.0 Å². The summed E-state index contributed by atoms with van der Waals surface area (Å²) in [6, 6.07) is 7.96. The fourth-order valence-corrected chi connectivity index (χ4v) is 2.46. The number of hydrogen-bond acceptors (Lipinski definition) is 3. The molecule has 4 nitrogen and oxygen atoms in total. The van der Waals surface area contributed by atoms with E-state index in [1.165, 1.54) is 0 Å². The van der Waals surface area contributed by atoms with Crippen LogP contribution in [0.3, 0.4) is 0 Å². The van der Waals surface area contributed by atoms with Crippen LogP contribution in [0.5, 0.6) is 0 Å². The van der Waals surface area contributed by atoms with Gasteiger partial charge in [0, 0.05) is 10.4 Å². The van der Waals surface area contributed by atoms with Gasteiger partial charge >= 0.3 is 0 Å². The summed E-state index contributed by atoms with van der Waals surface area (Å²) in [5.41, 5.74) is 1.02. The van der Waals surface area contributed by atoms with E-state index in [0.717, 1.165) is 28.7 Å². The Balaban J connectivity index is 2.31. The fraction of sp³-hybridized carbons (Fsp3) is 0.357. The van der Waals surface area contributed by atoms with Gasteiger partial charge in [0.25, 0.3) is 0 Å². The topological polar surface area (TPSA) is 46.0 Å². The molecule has 1 aromatic carbocycles. The molecule has 0 saturated carbocycles. The number of halogens is 1. The Morgan fingerprint density at radius 2 is 2.00 bits per heavy atom. The molecule has 0 saturated heterocycles. The second kappa shape index (κ2) is 6.95. The summed E-state index contributed by atoms with van der Waals surface area (Å²) < 4.78 is 3.29. The van der Waals surface area contributed by atoms with Crippen LogP contribution in [0.25, 0.3) is 0 Å². The average molecular weight is 353 g/mol. The summed E-state index contributed by atoms with van der Waals surface area (Å²) in [7, 11) is 0. The molecule has 0 amide bonds. The SMILES string of the molecule is CCC(CC)c1n[nH]c(=S)n1/N=C\c1ccc(Br)cc1. The van der Waals surface area contributed by atoms with E-state index in [9.17, 15) is 0 Å². The minimum Gasteiger partial charge on any atom is -0.250 e. The molecule has 0 aliphatic carbocycles. The molecule has 0 aliphatic heterocycles. The number of H-pyrrole nitrogens is 1. The Kier molecular flexibility index (Phi) is 5.25. The van der Waals surface area contributed by atoms with Crippen LogP contribution in [-0.4, -0.2) is 21.1 Å². The molecular formula is C14H17BrN4S. The molecule has 2 aromatic rings. The first-order valence-corrected chi connectivity index (χ1v) is 7.83. The summed E-state index contributed by atoms with van der Waals surface area (Å²) in [6.45, 7) is 4.29. The van der Waals surface area contributed by atoms with Gasteiger partial charge in [-0.05, 0) is 42.8 Å². The maximum Gasteiger partial charge on any atom is 0.216 e. The third-order valence-electron chi connectivity index (χ3n) is 3.22. The Morgan fingerprint density at radius 3 is 2.60 bits per heavy atom. The molecule has 0 aliphatic rings. The lowest BCUT2D eigenvalue weighted by atomic mass is 10.0. The summed E-state index contributed by atoms with van der Waals surface area (Å²) in [4.78, 5) is 0. The highest BCUT2D eigenvalue weighted by Crippen LogP contribution is 2.21. The number of nitrogens with one attached hydrogen (secondary N) is 1. The predicted molar refractivity (Wildman–Crippen MR) is 87.9 cm³/mol. The molecule has 2 rings (SSSR count). The van der Waals surface area contributed by atoms with Crippen molar-refractivity contribution in [2.45, 2.75) is 32.6 Å². The molecule has 0 spiro atoms. The molecule has 0 atom stereocenters. The van der Waals surface area contributed by atoms with Gasteiger partial charge in [-0.2, -0.15) is 14.9 Å². The maximum atomic E-state index is 5.25. The Bertz CT molecular complexity index is 638. The van der Waals surface area contributed by atoms with Crippen LogP contribution in [0, 0.1) is 4.77 Å². The van der Waals surface area contributed by atoms with Crippen molar-refractivity contribution in [3.63, 3.8) is 0 Å². The molecule has 0 radical (unpaired) electrons. The van der Waals surface area contributed by atoms with Gasteiger partial charge in [-0.1, -0.05) is 41.9 Å². The first-order chi connectivity index (χ1) is 9.65. The van der Waals surface area contributed by atoms with Gasteiger partial charge in [-0.25, -0.2) is 0 Å². The van der Waals surface area contributed by atoms with Gasteiger partial charge in [-0.15, -0.1) is 0 Å². The van der Waals surface area contributed by atoms with Gasteiger partial charge in [0.2, 0.25) is 4.77 Å². The number of hydrogen-bond donors (Lipinski definition) is 1. The lowest BCUT2D eigenvalue weighted by Crippen LogP contribution is -2.05. The van der Waals surface area contributed by atoms with Crippen LogP contribution in [0.2, 0.25) is 0 Å². The molecule has 6 heteroatoms. The zero-order valence-electron chi connectivity index (χ0n) is 11.5. The van der Waals surface area contributed by atoms with Gasteiger partial charge in [0.05, 0.1) is 6.21 Å². The zero-order valence-corrected chi connectivity index (χ0v) is 13.9. The number of aromatic amines is 1. The zero-order chi connectivity index (χ0) is 14.5. The molecule has 0 bridgehead atoms. The number of nitrogens with zero attached hydrogens (tertiary/aromatic N) is 3. The maximum absolute atomic E-state index is 5.25. The lowest BCUT2D eigenvalue weighted by molar-refractivity contribution is 0.571. The molecule has 1 aromatic heterocycles. The van der Waals surface area contributed by atoms with E-state index in [1.807, 2.05) is 24.3 Å². The van der Waals surface area contributed by atoms with Crippen molar-refractivity contribution in [3.05, 3.63) is 44.9 Å². The molecule has 1 N–H and O–H groups in total. The summed E-state index contributed by atoms with van der Waals surface area (Å²) in [5.74, 6) is 1.26. The van der Waals surface area contributed by atoms with E-state index in [2.05, 4.69) is 45.1 Å². The molecule has 106 valence electrons. The standard InChI is InChI=1S/C14H17BrN4S/c1-3-11(4-2)13-17-18-14(20)19(13)16-9-10-5-7-12(15)8-6-10/h5-9,11H,3-4H2,1-2H3,(H,18,20)/b16-9-. The van der Waals surface area contributed by atoms with Crippen LogP contribution < -0.4 is 0 Å². The highest BCUT2D eigenvalue weighted by atomic mass is 79.9. The van der Waals surface area contributed by atoms with Gasteiger partial charge in [-0.3, -0.25) is 5.10 Å². The Labute approximate surface area is 132 Å². The fourth-order valence-electron chi connectivity index (χ4n) is 2.01. The van der Waals surface area contributed by atoms with Crippen molar-refractivity contribution in [1.82, 2.24) is 14.9 Å². The highest BCUT2D eigenvalue weighted by Gasteiger charge is 2.14. The van der Waals surface area contributed by atoms with Crippen molar-refractivity contribution in [2.75, 3.05) is 0 Å². The molecule has 0 unspecified atom stereocenters. The van der Waals surface area contributed by atoms with Crippen molar-refractivity contribution in [3.8, 4) is 0 Å². The van der Waals surface area contributed by atoms with E-state index >= 15 is 0 Å². The van der Waals surface area contributed by atoms with Crippen LogP contribution >= 0.6 is 28.1 Å². The summed E-state index contributed by atoms with van der Waals surface area (Å²) >= 11 is 8.66. The summed E-state index contributed by atoms with van der Waals surface area (Å²) in [5, 5.41) is 11.6. The Morgan fingerprint density at radius 1 is 1.35 bits per heavy atom. The summed E-state index contributed by atoms with van der Waals surface area (Å²) in [6.07, 6.45) is 3.83. The van der Waals surface area contributed by atoms with Crippen LogP contribution in [0.15, 0.2) is 33.8 Å². The third-order valence-corrected chi connectivity index (χ3v) is 4.01. The monoisotopic (exact) mass is 352 g/mol. The van der Waals surface area contributed by atoms with Crippen LogP contribution in [0.4, 0.5) is 0 Å². The number of benzene rings is 1. The third kappa shape index (κ3) is 3.43. The lowest BCUT2D eigenvalue weighted by Gasteiger charge is -2.10. The van der Waals surface area contributed by atoms with Crippen molar-refractivity contribution in [2.24, 2.45) is 5.10 Å². The Hall–Kier alpha value is -1.27. The van der Waals surface area contributed by atoms with Gasteiger partial charge < -0.3 is 0 Å². The quantitative estimate of drug-likeness (QED) is 0.636. The van der Waals surface area contributed by atoms with E-state index in [1.54, 1.807) is 10.9 Å². The molecule has 1 heterocycles. The average Bonchev–Trinajstić information content (AvgIpc) is 2.81. The smallest absolute Gasteiger partial charge is 0.216 e. The van der Waals surface area contributed by atoms with Crippen molar-refractivity contribution < 1.29 is 0 Å². The van der Waals surface area contributed by atoms with Gasteiger partial charge in [0.1, 0.15) is 0 Å². The normalized spacial score (nSPS) is 11.6.